The molecule has 7 heteroatoms. The monoisotopic (exact) mass is 390 g/mol. The summed E-state index contributed by atoms with van der Waals surface area (Å²) in [5.74, 6) is 2.16. The quantitative estimate of drug-likeness (QED) is 0.684. The molecule has 1 amide bonds. The molecule has 0 saturated carbocycles. The van der Waals surface area contributed by atoms with Crippen LogP contribution in [0.25, 0.3) is 11.2 Å². The van der Waals surface area contributed by atoms with Gasteiger partial charge in [-0.2, -0.15) is 0 Å². The van der Waals surface area contributed by atoms with E-state index in [-0.39, 0.29) is 5.91 Å². The number of carbonyl (C=O) groups excluding carboxylic acids is 1. The maximum Gasteiger partial charge on any atom is 0.227 e. The molecule has 2 unspecified atom stereocenters. The minimum atomic E-state index is 0.242. The summed E-state index contributed by atoms with van der Waals surface area (Å²) in [7, 11) is 0. The average Bonchev–Trinajstić information content (AvgIpc) is 3.42. The van der Waals surface area contributed by atoms with Crippen LogP contribution >= 0.6 is 0 Å². The van der Waals surface area contributed by atoms with Crippen LogP contribution < -0.4 is 4.90 Å². The van der Waals surface area contributed by atoms with Crippen LogP contribution in [-0.2, 0) is 17.8 Å². The van der Waals surface area contributed by atoms with E-state index in [0.717, 1.165) is 55.3 Å². The van der Waals surface area contributed by atoms with E-state index in [0.29, 0.717) is 18.3 Å². The van der Waals surface area contributed by atoms with E-state index < -0.39 is 0 Å². The molecule has 2 fully saturated rings. The van der Waals surface area contributed by atoms with Crippen molar-refractivity contribution < 1.29 is 4.79 Å². The summed E-state index contributed by atoms with van der Waals surface area (Å²) in [5.41, 5.74) is 4.09. The largest absolute Gasteiger partial charge is 0.354 e. The molecule has 150 valence electrons. The van der Waals surface area contributed by atoms with Crippen molar-refractivity contribution in [1.82, 2.24) is 24.4 Å². The maximum absolute atomic E-state index is 12.8. The number of benzene rings is 1. The first-order valence-corrected chi connectivity index (χ1v) is 10.4. The van der Waals surface area contributed by atoms with Crippen molar-refractivity contribution in [1.29, 1.82) is 0 Å². The van der Waals surface area contributed by atoms with Gasteiger partial charge < -0.3 is 14.4 Å². The Morgan fingerprint density at radius 3 is 2.55 bits per heavy atom. The molecular formula is C22H26N6O. The summed E-state index contributed by atoms with van der Waals surface area (Å²) in [5, 5.41) is 0. The molecule has 4 heterocycles. The number of amides is 1. The SMILES string of the molecule is CCn1cnc2c(N3CC4CN(C(=O)Cc5ccccc5C)CC4C3)ncnc21. The van der Waals surface area contributed by atoms with Gasteiger partial charge in [-0.05, 0) is 25.0 Å². The zero-order chi connectivity index (χ0) is 20.0. The number of hydrogen-bond acceptors (Lipinski definition) is 5. The fraction of sp³-hybridized carbons (Fsp3) is 0.455. The van der Waals surface area contributed by atoms with Gasteiger partial charge in [-0.1, -0.05) is 24.3 Å². The summed E-state index contributed by atoms with van der Waals surface area (Å²) >= 11 is 0. The molecule has 0 spiro atoms. The molecule has 3 aromatic rings. The lowest BCUT2D eigenvalue weighted by atomic mass is 10.0. The third kappa shape index (κ3) is 3.14. The highest BCUT2D eigenvalue weighted by molar-refractivity contribution is 5.83. The van der Waals surface area contributed by atoms with Crippen molar-refractivity contribution >= 4 is 22.9 Å². The Bertz CT molecular complexity index is 1050. The van der Waals surface area contributed by atoms with Crippen LogP contribution in [0.3, 0.4) is 0 Å². The molecule has 2 aliphatic rings. The molecular weight excluding hydrogens is 364 g/mol. The second kappa shape index (κ2) is 7.13. The summed E-state index contributed by atoms with van der Waals surface area (Å²) in [4.78, 5) is 30.7. The molecule has 5 rings (SSSR count). The van der Waals surface area contributed by atoms with Crippen molar-refractivity contribution in [2.24, 2.45) is 11.8 Å². The minimum absolute atomic E-state index is 0.242. The van der Waals surface area contributed by atoms with E-state index >= 15 is 0 Å². The van der Waals surface area contributed by atoms with E-state index in [2.05, 4.69) is 50.7 Å². The number of imidazole rings is 1. The summed E-state index contributed by atoms with van der Waals surface area (Å²) in [6.07, 6.45) is 3.97. The normalized spacial score (nSPS) is 21.2. The molecule has 2 aromatic heterocycles. The third-order valence-corrected chi connectivity index (χ3v) is 6.46. The third-order valence-electron chi connectivity index (χ3n) is 6.46. The van der Waals surface area contributed by atoms with E-state index in [9.17, 15) is 4.79 Å². The van der Waals surface area contributed by atoms with Crippen molar-refractivity contribution in [3.8, 4) is 0 Å². The highest BCUT2D eigenvalue weighted by Crippen LogP contribution is 2.35. The predicted octanol–water partition coefficient (Wildman–Crippen LogP) is 2.29. The number of carbonyl (C=O) groups is 1. The Balaban J connectivity index is 1.27. The van der Waals surface area contributed by atoms with Crippen LogP contribution in [0.15, 0.2) is 36.9 Å². The number of nitrogens with zero attached hydrogens (tertiary/aromatic N) is 6. The van der Waals surface area contributed by atoms with Crippen LogP contribution in [-0.4, -0.2) is 56.5 Å². The lowest BCUT2D eigenvalue weighted by Crippen LogP contribution is -2.34. The topological polar surface area (TPSA) is 67.2 Å². The maximum atomic E-state index is 12.8. The van der Waals surface area contributed by atoms with Gasteiger partial charge in [0.15, 0.2) is 17.0 Å². The predicted molar refractivity (Wildman–Crippen MR) is 112 cm³/mol. The zero-order valence-corrected chi connectivity index (χ0v) is 17.0. The van der Waals surface area contributed by atoms with Crippen LogP contribution in [0, 0.1) is 18.8 Å². The first kappa shape index (κ1) is 18.1. The molecule has 2 aliphatic heterocycles. The molecule has 2 saturated heterocycles. The molecule has 0 N–H and O–H groups in total. The Morgan fingerprint density at radius 2 is 1.83 bits per heavy atom. The second-order valence-electron chi connectivity index (χ2n) is 8.23. The number of fused-ring (bicyclic) bond motifs is 2. The molecule has 7 nitrogen and oxygen atoms in total. The Morgan fingerprint density at radius 1 is 1.07 bits per heavy atom. The van der Waals surface area contributed by atoms with Gasteiger partial charge in [0.2, 0.25) is 5.91 Å². The minimum Gasteiger partial charge on any atom is -0.354 e. The van der Waals surface area contributed by atoms with Crippen molar-refractivity contribution in [2.75, 3.05) is 31.1 Å². The van der Waals surface area contributed by atoms with Gasteiger partial charge >= 0.3 is 0 Å². The van der Waals surface area contributed by atoms with Crippen LogP contribution in [0.4, 0.5) is 5.82 Å². The number of aryl methyl sites for hydroxylation is 2. The van der Waals surface area contributed by atoms with Gasteiger partial charge in [-0.15, -0.1) is 0 Å². The number of rotatable bonds is 4. The van der Waals surface area contributed by atoms with Crippen LogP contribution in [0.1, 0.15) is 18.1 Å². The standard InChI is InChI=1S/C22H26N6O/c1-3-26-14-25-20-21(26)23-13-24-22(20)28-11-17-9-27(10-18(17)12-28)19(29)8-16-7-5-4-6-15(16)2/h4-7,13-14,17-18H,3,8-12H2,1-2H3. The second-order valence-corrected chi connectivity index (χ2v) is 8.23. The first-order chi connectivity index (χ1) is 14.1. The molecule has 0 bridgehead atoms. The Hall–Kier alpha value is -2.96. The van der Waals surface area contributed by atoms with Crippen LogP contribution in [0.5, 0.6) is 0 Å². The fourth-order valence-electron chi connectivity index (χ4n) is 4.78. The number of likely N-dealkylation sites (tertiary alicyclic amines) is 1. The van der Waals surface area contributed by atoms with E-state index in [4.69, 9.17) is 0 Å². The lowest BCUT2D eigenvalue weighted by molar-refractivity contribution is -0.129. The van der Waals surface area contributed by atoms with Crippen molar-refractivity contribution in [3.63, 3.8) is 0 Å². The van der Waals surface area contributed by atoms with E-state index in [1.165, 1.54) is 5.56 Å². The van der Waals surface area contributed by atoms with Gasteiger partial charge in [-0.3, -0.25) is 4.79 Å². The molecule has 0 radical (unpaired) electrons. The number of aromatic nitrogens is 4. The molecule has 1 aromatic carbocycles. The summed E-state index contributed by atoms with van der Waals surface area (Å²) < 4.78 is 2.05. The van der Waals surface area contributed by atoms with Crippen molar-refractivity contribution in [2.45, 2.75) is 26.8 Å². The summed E-state index contributed by atoms with van der Waals surface area (Å²) in [6.45, 7) is 8.52. The molecule has 29 heavy (non-hydrogen) atoms. The van der Waals surface area contributed by atoms with Gasteiger partial charge in [-0.25, -0.2) is 15.0 Å². The highest BCUT2D eigenvalue weighted by Gasteiger charge is 2.42. The van der Waals surface area contributed by atoms with Gasteiger partial charge in [0.25, 0.3) is 0 Å². The Kier molecular flexibility index (Phi) is 4.45. The van der Waals surface area contributed by atoms with Gasteiger partial charge in [0, 0.05) is 44.6 Å². The van der Waals surface area contributed by atoms with Crippen molar-refractivity contribution in [3.05, 3.63) is 48.0 Å². The zero-order valence-electron chi connectivity index (χ0n) is 17.0. The lowest BCUT2D eigenvalue weighted by Gasteiger charge is -2.23. The van der Waals surface area contributed by atoms with Gasteiger partial charge in [0.1, 0.15) is 6.33 Å². The molecule has 0 aliphatic carbocycles. The Labute approximate surface area is 170 Å². The molecule has 2 atom stereocenters. The highest BCUT2D eigenvalue weighted by atomic mass is 16.2. The average molecular weight is 390 g/mol. The fourth-order valence-corrected chi connectivity index (χ4v) is 4.78. The summed E-state index contributed by atoms with van der Waals surface area (Å²) in [6, 6.07) is 8.16. The number of hydrogen-bond donors (Lipinski definition) is 0. The smallest absolute Gasteiger partial charge is 0.227 e. The van der Waals surface area contributed by atoms with Gasteiger partial charge in [0.05, 0.1) is 12.7 Å². The van der Waals surface area contributed by atoms with E-state index in [1.807, 2.05) is 23.0 Å². The number of anilines is 1. The van der Waals surface area contributed by atoms with E-state index in [1.54, 1.807) is 6.33 Å². The first-order valence-electron chi connectivity index (χ1n) is 10.4. The van der Waals surface area contributed by atoms with Crippen LogP contribution in [0.2, 0.25) is 0 Å².